The molecule has 0 saturated carbocycles. The number of para-hydroxylation sites is 1. The molecule has 3 aromatic heterocycles. The fraction of sp³-hybridized carbons (Fsp3) is 0.345. The molecule has 0 aliphatic carbocycles. The van der Waals surface area contributed by atoms with Crippen LogP contribution in [0.25, 0.3) is 22.2 Å². The highest BCUT2D eigenvalue weighted by Crippen LogP contribution is 2.39. The van der Waals surface area contributed by atoms with Crippen LogP contribution in [-0.4, -0.2) is 176 Å². The lowest BCUT2D eigenvalue weighted by atomic mass is 10.1. The van der Waals surface area contributed by atoms with E-state index in [-0.39, 0.29) is 53.6 Å². The van der Waals surface area contributed by atoms with Gasteiger partial charge in [0.15, 0.2) is 0 Å². The summed E-state index contributed by atoms with van der Waals surface area (Å²) in [6.45, 7) is 10.2. The van der Waals surface area contributed by atoms with Crippen LogP contribution in [0.2, 0.25) is 0 Å². The van der Waals surface area contributed by atoms with Gasteiger partial charge in [-0.1, -0.05) is 30.8 Å². The lowest BCUT2D eigenvalue weighted by molar-refractivity contribution is -0.111. The van der Waals surface area contributed by atoms with E-state index in [0.29, 0.717) is 119 Å². The van der Waals surface area contributed by atoms with E-state index in [0.717, 1.165) is 33.9 Å². The summed E-state index contributed by atoms with van der Waals surface area (Å²) < 4.78 is 84.5. The van der Waals surface area contributed by atoms with E-state index in [4.69, 9.17) is 43.9 Å². The summed E-state index contributed by atoms with van der Waals surface area (Å²) in [5.74, 6) is -0.797. The van der Waals surface area contributed by atoms with Gasteiger partial charge in [0.1, 0.15) is 17.4 Å². The Hall–Kier alpha value is -7.70. The van der Waals surface area contributed by atoms with E-state index in [9.17, 15) is 22.4 Å². The molecule has 4 aromatic carbocycles. The molecule has 0 radical (unpaired) electrons. The summed E-state index contributed by atoms with van der Waals surface area (Å²) in [6.07, 6.45) is 6.44. The quantitative estimate of drug-likeness (QED) is 0.0164. The fourth-order valence-corrected chi connectivity index (χ4v) is 9.65. The first-order valence-corrected chi connectivity index (χ1v) is 29.3. The fourth-order valence-electron chi connectivity index (χ4n) is 8.34. The number of hydrogen-bond acceptors (Lipinski definition) is 20. The predicted octanol–water partition coefficient (Wildman–Crippen LogP) is 7.24. The number of fused-ring (bicyclic) bond motifs is 1. The smallest absolute Gasteiger partial charge is 0.253 e. The van der Waals surface area contributed by atoms with Gasteiger partial charge in [0.2, 0.25) is 27.8 Å². The number of aryl methyl sites for hydroxylation is 1. The van der Waals surface area contributed by atoms with Crippen LogP contribution >= 0.6 is 15.9 Å². The van der Waals surface area contributed by atoms with E-state index in [1.54, 1.807) is 31.5 Å². The third kappa shape index (κ3) is 19.7. The Bertz CT molecular complexity index is 3440. The second-order valence-corrected chi connectivity index (χ2v) is 21.4. The van der Waals surface area contributed by atoms with Crippen molar-refractivity contribution in [2.75, 3.05) is 153 Å². The van der Waals surface area contributed by atoms with Gasteiger partial charge in [-0.15, -0.1) is 0 Å². The minimum atomic E-state index is -3.82. The summed E-state index contributed by atoms with van der Waals surface area (Å²) in [6, 6.07) is 23.7. The number of primary amides is 1. The number of rotatable bonds is 38. The largest absolute Gasteiger partial charge is 0.494 e. The van der Waals surface area contributed by atoms with Crippen molar-refractivity contribution in [3.63, 3.8) is 0 Å². The van der Waals surface area contributed by atoms with Crippen LogP contribution in [0.15, 0.2) is 126 Å². The second kappa shape index (κ2) is 33.1. The highest BCUT2D eigenvalue weighted by atomic mass is 79.9. The number of benzene rings is 4. The molecule has 85 heavy (non-hydrogen) atoms. The Kier molecular flexibility index (Phi) is 25.3. The molecule has 7 N–H and O–H groups in total. The summed E-state index contributed by atoms with van der Waals surface area (Å²) in [4.78, 5) is 46.6. The monoisotopic (exact) mass is 1260 g/mol. The number of carbonyl (C=O) groups is 2. The average molecular weight is 1260 g/mol. The normalized spacial score (nSPS) is 11.5. The summed E-state index contributed by atoms with van der Waals surface area (Å²) in [5, 5.41) is 13.2. The zero-order chi connectivity index (χ0) is 60.6. The SMILES string of the molecule is C=CC(=O)Nc1cc(Nc2nccc(-c3cn(C)c4ccccc34)n2)c(OC)cc1N(C)CCN(C)CCOCCOCCOCCOCCOCCOCCNS(=O)(=O)c1ccc(Nc2ncc(Br)c(Nc3cccc(F)c3C(N)=O)n2)cc1. The van der Waals surface area contributed by atoms with Crippen molar-refractivity contribution in [1.82, 2.24) is 34.1 Å². The highest BCUT2D eigenvalue weighted by Gasteiger charge is 2.20. The van der Waals surface area contributed by atoms with Crippen LogP contribution in [0.4, 0.5) is 50.5 Å². The predicted molar refractivity (Wildman–Crippen MR) is 328 cm³/mol. The number of carbonyl (C=O) groups excluding carboxylic acids is 2. The van der Waals surface area contributed by atoms with Gasteiger partial charge in [-0.25, -0.2) is 32.5 Å². The summed E-state index contributed by atoms with van der Waals surface area (Å²) in [5.41, 5.74) is 10.4. The van der Waals surface area contributed by atoms with E-state index in [2.05, 4.69) is 96.1 Å². The van der Waals surface area contributed by atoms with E-state index >= 15 is 0 Å². The topological polar surface area (TPSA) is 282 Å². The molecule has 0 aliphatic heterocycles. The van der Waals surface area contributed by atoms with Crippen molar-refractivity contribution in [2.24, 2.45) is 12.8 Å². The van der Waals surface area contributed by atoms with Gasteiger partial charge in [0, 0.05) is 87.1 Å². The van der Waals surface area contributed by atoms with Crippen LogP contribution < -0.4 is 41.4 Å². The molecule has 0 saturated heterocycles. The van der Waals surface area contributed by atoms with Crippen LogP contribution in [0, 0.1) is 5.82 Å². The molecular formula is C58H71BrFN13O11S. The van der Waals surface area contributed by atoms with Gasteiger partial charge in [0.05, 0.1) is 130 Å². The van der Waals surface area contributed by atoms with Gasteiger partial charge in [0.25, 0.3) is 5.91 Å². The zero-order valence-corrected chi connectivity index (χ0v) is 50.2. The molecule has 0 aliphatic rings. The van der Waals surface area contributed by atoms with Gasteiger partial charge in [-0.05, 0) is 83.7 Å². The van der Waals surface area contributed by atoms with E-state index < -0.39 is 21.7 Å². The number of halogens is 2. The number of nitrogens with zero attached hydrogens (tertiary/aromatic N) is 7. The maximum Gasteiger partial charge on any atom is 0.253 e. The second-order valence-electron chi connectivity index (χ2n) is 18.8. The molecule has 0 fully saturated rings. The number of anilines is 8. The molecule has 2 amide bonds. The lowest BCUT2D eigenvalue weighted by Gasteiger charge is -2.27. The molecule has 3 heterocycles. The van der Waals surface area contributed by atoms with Crippen molar-refractivity contribution in [3.05, 3.63) is 132 Å². The lowest BCUT2D eigenvalue weighted by Crippen LogP contribution is -2.33. The Balaban J connectivity index is 0.679. The highest BCUT2D eigenvalue weighted by molar-refractivity contribution is 9.10. The maximum absolute atomic E-state index is 14.3. The molecular weight excluding hydrogens is 1190 g/mol. The van der Waals surface area contributed by atoms with Crippen molar-refractivity contribution in [3.8, 4) is 17.0 Å². The molecule has 7 rings (SSSR count). The number of sulfonamides is 1. The maximum atomic E-state index is 14.3. The van der Waals surface area contributed by atoms with Gasteiger partial charge >= 0.3 is 0 Å². The first-order valence-electron chi connectivity index (χ1n) is 27.0. The molecule has 0 bridgehead atoms. The van der Waals surface area contributed by atoms with E-state index in [1.165, 1.54) is 36.5 Å². The van der Waals surface area contributed by atoms with Gasteiger partial charge in [-0.2, -0.15) is 4.98 Å². The van der Waals surface area contributed by atoms with Crippen molar-refractivity contribution in [2.45, 2.75) is 4.90 Å². The van der Waals surface area contributed by atoms with Crippen LogP contribution in [0.5, 0.6) is 5.75 Å². The molecule has 0 atom stereocenters. The molecule has 27 heteroatoms. The van der Waals surface area contributed by atoms with E-state index in [1.807, 2.05) is 45.4 Å². The van der Waals surface area contributed by atoms with Crippen LogP contribution in [0.3, 0.4) is 0 Å². The zero-order valence-electron chi connectivity index (χ0n) is 47.8. The van der Waals surface area contributed by atoms with Crippen LogP contribution in [-0.2, 0) is 50.3 Å². The molecule has 7 aromatic rings. The number of ether oxygens (including phenoxy) is 7. The van der Waals surface area contributed by atoms with Crippen LogP contribution in [0.1, 0.15) is 10.4 Å². The van der Waals surface area contributed by atoms with Crippen molar-refractivity contribution < 1.29 is 55.6 Å². The number of likely N-dealkylation sites (N-methyl/N-ethyl adjacent to an activating group) is 2. The Morgan fingerprint density at radius 2 is 1.39 bits per heavy atom. The molecule has 0 spiro atoms. The minimum Gasteiger partial charge on any atom is -0.494 e. The number of nitrogens with two attached hydrogens (primary N) is 1. The standard InChI is InChI=1S/C58H71BrFN13O11S/c1-6-53(74)66-48-36-49(69-57-62-19-18-46(68-57)43-39-73(4)50-13-8-7-10-42(43)50)52(78-5)37-51(48)72(3)22-21-71(2)23-25-80-27-29-82-31-33-84-35-34-83-32-30-81-28-26-79-24-20-64-85(76,77)41-16-14-40(15-17-41)65-58-63-38-44(59)56(70-58)67-47-12-9-11-45(60)54(47)55(61)75/h6-19,36-39,64H,1,20-35H2,2-5H3,(H2,61,75)(H,66,74)(H,62,68,69)(H2,63,65,67,70). The number of aromatic nitrogens is 5. The molecule has 454 valence electrons. The summed E-state index contributed by atoms with van der Waals surface area (Å²) in [7, 11) is 3.75. The molecule has 24 nitrogen and oxygen atoms in total. The number of nitrogens with one attached hydrogen (secondary N) is 5. The number of hydrogen-bond donors (Lipinski definition) is 6. The first-order chi connectivity index (χ1) is 41.1. The average Bonchev–Trinajstić information content (AvgIpc) is 3.19. The Labute approximate surface area is 501 Å². The van der Waals surface area contributed by atoms with Gasteiger partial charge < -0.3 is 74.5 Å². The third-order valence-corrected chi connectivity index (χ3v) is 14.8. The van der Waals surface area contributed by atoms with Crippen molar-refractivity contribution in [1.29, 1.82) is 0 Å². The first kappa shape index (κ1) is 64.9. The Morgan fingerprint density at radius 1 is 0.741 bits per heavy atom. The summed E-state index contributed by atoms with van der Waals surface area (Å²) >= 11 is 3.34. The Morgan fingerprint density at radius 3 is 2.05 bits per heavy atom. The number of amides is 2. The minimum absolute atomic E-state index is 0.0408. The third-order valence-electron chi connectivity index (χ3n) is 12.8. The number of methoxy groups -OCH3 is 1. The van der Waals surface area contributed by atoms with Crippen molar-refractivity contribution >= 4 is 94.8 Å². The molecule has 0 unspecified atom stereocenters. The van der Waals surface area contributed by atoms with Gasteiger partial charge in [-0.3, -0.25) is 9.59 Å².